The van der Waals surface area contributed by atoms with Crippen LogP contribution in [-0.4, -0.2) is 53.5 Å². The van der Waals surface area contributed by atoms with Gasteiger partial charge in [0.2, 0.25) is 5.91 Å². The molecular weight excluding hydrogens is 222 g/mol. The van der Waals surface area contributed by atoms with E-state index in [-0.39, 0.29) is 18.3 Å². The van der Waals surface area contributed by atoms with E-state index < -0.39 is 0 Å². The van der Waals surface area contributed by atoms with Crippen LogP contribution < -0.4 is 0 Å². The molecule has 0 bridgehead atoms. The number of carbonyl (C=O) groups is 1. The second-order valence-electron chi connectivity index (χ2n) is 3.10. The van der Waals surface area contributed by atoms with Crippen molar-refractivity contribution in [3.8, 4) is 0 Å². The number of thiol groups is 1. The Kier molecular flexibility index (Phi) is 5.95. The lowest BCUT2D eigenvalue weighted by molar-refractivity contribution is -0.130. The van der Waals surface area contributed by atoms with E-state index in [1.807, 2.05) is 9.80 Å². The molecule has 1 aliphatic heterocycles. The highest BCUT2D eigenvalue weighted by atomic mass is 35.5. The van der Waals surface area contributed by atoms with E-state index in [4.69, 9.17) is 5.41 Å². The Balaban J connectivity index is 0.00000169. The monoisotopic (exact) mass is 237 g/mol. The maximum absolute atomic E-state index is 11.0. The van der Waals surface area contributed by atoms with Crippen molar-refractivity contribution in [1.82, 2.24) is 9.80 Å². The summed E-state index contributed by atoms with van der Waals surface area (Å²) in [5, 5.41) is 7.55. The van der Waals surface area contributed by atoms with Gasteiger partial charge in [-0.05, 0) is 0 Å². The van der Waals surface area contributed by atoms with Gasteiger partial charge in [0.05, 0.1) is 0 Å². The van der Waals surface area contributed by atoms with Gasteiger partial charge in [-0.25, -0.2) is 0 Å². The zero-order valence-corrected chi connectivity index (χ0v) is 9.90. The zero-order chi connectivity index (χ0) is 9.84. The van der Waals surface area contributed by atoms with Crippen molar-refractivity contribution in [1.29, 1.82) is 5.41 Å². The van der Waals surface area contributed by atoms with Gasteiger partial charge >= 0.3 is 0 Å². The predicted octanol–water partition coefficient (Wildman–Crippen LogP) is 0.479. The Labute approximate surface area is 96.0 Å². The third kappa shape index (κ3) is 3.38. The van der Waals surface area contributed by atoms with Crippen molar-refractivity contribution in [2.75, 3.05) is 31.9 Å². The lowest BCUT2D eigenvalue weighted by Gasteiger charge is -2.35. The maximum atomic E-state index is 11.0. The average molecular weight is 238 g/mol. The van der Waals surface area contributed by atoms with Crippen LogP contribution in [0.2, 0.25) is 0 Å². The molecule has 0 unspecified atom stereocenters. The Morgan fingerprint density at radius 3 is 2.07 bits per heavy atom. The molecule has 0 spiro atoms. The van der Waals surface area contributed by atoms with Gasteiger partial charge in [0.15, 0.2) is 0 Å². The Morgan fingerprint density at radius 2 is 1.71 bits per heavy atom. The van der Waals surface area contributed by atoms with Crippen LogP contribution in [-0.2, 0) is 4.79 Å². The van der Waals surface area contributed by atoms with Gasteiger partial charge in [-0.2, -0.15) is 12.6 Å². The van der Waals surface area contributed by atoms with Gasteiger partial charge in [-0.1, -0.05) is 0 Å². The van der Waals surface area contributed by atoms with E-state index in [0.717, 1.165) is 26.2 Å². The number of amides is 1. The summed E-state index contributed by atoms with van der Waals surface area (Å²) < 4.78 is 0. The van der Waals surface area contributed by atoms with Gasteiger partial charge in [0, 0.05) is 38.9 Å². The Bertz CT molecular complexity index is 217. The molecular formula is C8H16ClN3OS. The first-order valence-corrected chi connectivity index (χ1v) is 4.97. The standard InChI is InChI=1S/C8H15N3OS.ClH/c1-7(12)10-2-4-11(5-3-10)8(9)6-13;/h9,13H,2-6H2,1H3;1H. The summed E-state index contributed by atoms with van der Waals surface area (Å²) in [6.07, 6.45) is 0. The summed E-state index contributed by atoms with van der Waals surface area (Å²) in [5.41, 5.74) is 0. The zero-order valence-electron chi connectivity index (χ0n) is 8.19. The normalized spacial score (nSPS) is 16.1. The average Bonchev–Trinajstić information content (AvgIpc) is 2.17. The maximum Gasteiger partial charge on any atom is 0.219 e. The van der Waals surface area contributed by atoms with Gasteiger partial charge in [-0.3, -0.25) is 10.2 Å². The molecule has 0 aliphatic carbocycles. The van der Waals surface area contributed by atoms with Crippen molar-refractivity contribution in [3.05, 3.63) is 0 Å². The summed E-state index contributed by atoms with van der Waals surface area (Å²) in [7, 11) is 0. The van der Waals surface area contributed by atoms with E-state index in [1.165, 1.54) is 0 Å². The van der Waals surface area contributed by atoms with Crippen molar-refractivity contribution < 1.29 is 4.79 Å². The minimum absolute atomic E-state index is 0. The molecule has 0 radical (unpaired) electrons. The van der Waals surface area contributed by atoms with E-state index in [9.17, 15) is 4.79 Å². The molecule has 82 valence electrons. The predicted molar refractivity (Wildman–Crippen MR) is 62.7 cm³/mol. The van der Waals surface area contributed by atoms with Crippen molar-refractivity contribution >= 4 is 36.8 Å². The molecule has 1 N–H and O–H groups in total. The lowest BCUT2D eigenvalue weighted by atomic mass is 10.3. The van der Waals surface area contributed by atoms with Crippen LogP contribution in [0.3, 0.4) is 0 Å². The van der Waals surface area contributed by atoms with Crippen LogP contribution in [0.4, 0.5) is 0 Å². The van der Waals surface area contributed by atoms with E-state index >= 15 is 0 Å². The summed E-state index contributed by atoms with van der Waals surface area (Å²) in [6.45, 7) is 4.56. The molecule has 14 heavy (non-hydrogen) atoms. The number of piperazine rings is 1. The number of nitrogens with one attached hydrogen (secondary N) is 1. The molecule has 0 aromatic heterocycles. The van der Waals surface area contributed by atoms with Gasteiger partial charge in [0.25, 0.3) is 0 Å². The third-order valence-electron chi connectivity index (χ3n) is 2.26. The molecule has 6 heteroatoms. The second-order valence-corrected chi connectivity index (χ2v) is 3.41. The number of amidine groups is 1. The topological polar surface area (TPSA) is 47.4 Å². The van der Waals surface area contributed by atoms with Crippen molar-refractivity contribution in [2.24, 2.45) is 0 Å². The molecule has 0 aromatic carbocycles. The first-order valence-electron chi connectivity index (χ1n) is 4.34. The van der Waals surface area contributed by atoms with Gasteiger partial charge in [-0.15, -0.1) is 12.4 Å². The molecule has 1 saturated heterocycles. The molecule has 1 heterocycles. The van der Waals surface area contributed by atoms with Gasteiger partial charge in [0.1, 0.15) is 5.84 Å². The minimum Gasteiger partial charge on any atom is -0.356 e. The van der Waals surface area contributed by atoms with Crippen LogP contribution in [0.25, 0.3) is 0 Å². The largest absolute Gasteiger partial charge is 0.356 e. The van der Waals surface area contributed by atoms with Crippen molar-refractivity contribution in [3.63, 3.8) is 0 Å². The fourth-order valence-corrected chi connectivity index (χ4v) is 1.59. The van der Waals surface area contributed by atoms with Crippen molar-refractivity contribution in [2.45, 2.75) is 6.92 Å². The van der Waals surface area contributed by atoms with E-state index in [0.29, 0.717) is 11.6 Å². The summed E-state index contributed by atoms with van der Waals surface area (Å²) in [5.74, 6) is 1.14. The number of carbonyl (C=O) groups excluding carboxylic acids is 1. The lowest BCUT2D eigenvalue weighted by Crippen LogP contribution is -2.50. The number of hydrogen-bond donors (Lipinski definition) is 2. The van der Waals surface area contributed by atoms with Crippen LogP contribution in [0, 0.1) is 5.41 Å². The number of rotatable bonds is 1. The number of halogens is 1. The SMILES string of the molecule is CC(=O)N1CCN(C(=N)CS)CC1.Cl. The second kappa shape index (κ2) is 6.14. The highest BCUT2D eigenvalue weighted by Crippen LogP contribution is 2.02. The minimum atomic E-state index is 0. The molecule has 1 amide bonds. The Morgan fingerprint density at radius 1 is 1.29 bits per heavy atom. The molecule has 1 aliphatic rings. The van der Waals surface area contributed by atoms with Gasteiger partial charge < -0.3 is 9.80 Å². The molecule has 0 aromatic rings. The summed E-state index contributed by atoms with van der Waals surface area (Å²) in [4.78, 5) is 14.8. The highest BCUT2D eigenvalue weighted by molar-refractivity contribution is 7.81. The summed E-state index contributed by atoms with van der Waals surface area (Å²) in [6, 6.07) is 0. The molecule has 1 fully saturated rings. The Hall–Kier alpha value is -0.420. The van der Waals surface area contributed by atoms with E-state index in [2.05, 4.69) is 12.6 Å². The quantitative estimate of drug-likeness (QED) is 0.396. The number of hydrogen-bond acceptors (Lipinski definition) is 3. The van der Waals surface area contributed by atoms with Crippen LogP contribution in [0.15, 0.2) is 0 Å². The molecule has 0 saturated carbocycles. The number of nitrogens with zero attached hydrogens (tertiary/aromatic N) is 2. The third-order valence-corrected chi connectivity index (χ3v) is 2.56. The fraction of sp³-hybridized carbons (Fsp3) is 0.750. The first-order chi connectivity index (χ1) is 6.15. The van der Waals surface area contributed by atoms with Crippen LogP contribution >= 0.6 is 25.0 Å². The fourth-order valence-electron chi connectivity index (χ4n) is 1.39. The summed E-state index contributed by atoms with van der Waals surface area (Å²) >= 11 is 4.04. The molecule has 1 rings (SSSR count). The van der Waals surface area contributed by atoms with Crippen LogP contribution in [0.5, 0.6) is 0 Å². The molecule has 0 atom stereocenters. The van der Waals surface area contributed by atoms with Crippen LogP contribution in [0.1, 0.15) is 6.92 Å². The smallest absolute Gasteiger partial charge is 0.219 e. The first kappa shape index (κ1) is 13.6. The molecule has 4 nitrogen and oxygen atoms in total. The highest BCUT2D eigenvalue weighted by Gasteiger charge is 2.19. The van der Waals surface area contributed by atoms with E-state index in [1.54, 1.807) is 6.92 Å².